The van der Waals surface area contributed by atoms with E-state index in [1.165, 1.54) is 97.1 Å². The van der Waals surface area contributed by atoms with Crippen LogP contribution in [0.5, 0.6) is 0 Å². The van der Waals surface area contributed by atoms with Crippen molar-refractivity contribution in [3.8, 4) is 0 Å². The number of hydrogen-bond donors (Lipinski definition) is 0. The van der Waals surface area contributed by atoms with Gasteiger partial charge < -0.3 is 0 Å². The fraction of sp³-hybridized carbons (Fsp3) is 1.00. The number of rotatable bonds is 4. The molecule has 0 unspecified atom stereocenters. The summed E-state index contributed by atoms with van der Waals surface area (Å²) in [6.45, 7) is 10.9. The van der Waals surface area contributed by atoms with E-state index in [4.69, 9.17) is 4.74 Å². The van der Waals surface area contributed by atoms with Gasteiger partial charge in [-0.25, -0.2) is 14.0 Å². The lowest BCUT2D eigenvalue weighted by Gasteiger charge is -2.52. The molecule has 0 aromatic carbocycles. The highest BCUT2D eigenvalue weighted by Gasteiger charge is 2.41. The van der Waals surface area contributed by atoms with Crippen LogP contribution in [0.15, 0.2) is 4.74 Å². The summed E-state index contributed by atoms with van der Waals surface area (Å²) in [5, 5.41) is 0. The van der Waals surface area contributed by atoms with Crippen molar-refractivity contribution < 1.29 is 0 Å². The Morgan fingerprint density at radius 1 is 0.591 bits per heavy atom. The molecule has 22 heavy (non-hydrogen) atoms. The molecule has 0 aromatic rings. The Bertz CT molecular complexity index is 328. The minimum absolute atomic E-state index is 0.983. The molecule has 0 aliphatic carbocycles. The second kappa shape index (κ2) is 8.28. The highest BCUT2D eigenvalue weighted by atomic mass is 31.2. The van der Waals surface area contributed by atoms with E-state index < -0.39 is 7.51 Å². The first-order valence-corrected chi connectivity index (χ1v) is 11.3. The van der Waals surface area contributed by atoms with Gasteiger partial charge in [0.25, 0.3) is 0 Å². The van der Waals surface area contributed by atoms with E-state index in [-0.39, 0.29) is 0 Å². The molecule has 4 nitrogen and oxygen atoms in total. The quantitative estimate of drug-likeness (QED) is 0.714. The lowest BCUT2D eigenvalue weighted by molar-refractivity contribution is 0.246. The molecule has 3 saturated heterocycles. The van der Waals surface area contributed by atoms with Crippen molar-refractivity contribution in [1.29, 1.82) is 0 Å². The summed E-state index contributed by atoms with van der Waals surface area (Å²) in [4.78, 5) is 0. The van der Waals surface area contributed by atoms with E-state index >= 15 is 0 Å². The summed E-state index contributed by atoms with van der Waals surface area (Å²) in [7, 11) is -1.60. The lowest BCUT2D eigenvalue weighted by Crippen LogP contribution is -2.46. The van der Waals surface area contributed by atoms with Crippen molar-refractivity contribution in [3.05, 3.63) is 0 Å². The summed E-state index contributed by atoms with van der Waals surface area (Å²) in [5.74, 6) is 0. The molecule has 0 saturated carbocycles. The maximum atomic E-state index is 5.42. The van der Waals surface area contributed by atoms with E-state index in [2.05, 4.69) is 20.9 Å². The molecule has 3 rings (SSSR count). The van der Waals surface area contributed by atoms with Gasteiger partial charge in [-0.05, 0) is 45.4 Å². The fourth-order valence-corrected chi connectivity index (χ4v) is 8.88. The van der Waals surface area contributed by atoms with Crippen molar-refractivity contribution in [2.24, 2.45) is 4.74 Å². The van der Waals surface area contributed by atoms with Gasteiger partial charge in [0.15, 0.2) is 7.51 Å². The van der Waals surface area contributed by atoms with Crippen molar-refractivity contribution in [3.63, 3.8) is 0 Å². The molecular weight excluding hydrogens is 291 g/mol. The molecule has 0 atom stereocenters. The van der Waals surface area contributed by atoms with E-state index in [1.54, 1.807) is 0 Å². The molecule has 3 aliphatic rings. The Morgan fingerprint density at radius 3 is 1.18 bits per heavy atom. The summed E-state index contributed by atoms with van der Waals surface area (Å²) in [5.41, 5.74) is 0. The van der Waals surface area contributed by atoms with Gasteiger partial charge in [0, 0.05) is 45.8 Å². The first-order chi connectivity index (χ1) is 10.9. The molecule has 5 heteroatoms. The van der Waals surface area contributed by atoms with Crippen LogP contribution in [0.4, 0.5) is 0 Å². The van der Waals surface area contributed by atoms with E-state index in [1.807, 2.05) is 0 Å². The van der Waals surface area contributed by atoms with Crippen LogP contribution in [0.2, 0.25) is 0 Å². The third-order valence-corrected chi connectivity index (χ3v) is 9.61. The largest absolute Gasteiger partial charge is 0.261 e. The summed E-state index contributed by atoms with van der Waals surface area (Å²) < 4.78 is 13.9. The Balaban J connectivity index is 1.94. The SMILES string of the molecule is CCN=P(N1CCCCC1)(N1CCCCC1)N1CCCCC1. The molecule has 128 valence electrons. The predicted octanol–water partition coefficient (Wildman–Crippen LogP) is 4.41. The van der Waals surface area contributed by atoms with E-state index in [9.17, 15) is 0 Å². The highest BCUT2D eigenvalue weighted by molar-refractivity contribution is 7.59. The first kappa shape index (κ1) is 17.0. The van der Waals surface area contributed by atoms with Gasteiger partial charge in [-0.1, -0.05) is 19.3 Å². The van der Waals surface area contributed by atoms with Crippen LogP contribution in [0, 0.1) is 0 Å². The Hall–Kier alpha value is 0.110. The van der Waals surface area contributed by atoms with Crippen LogP contribution in [-0.2, 0) is 0 Å². The van der Waals surface area contributed by atoms with Gasteiger partial charge >= 0.3 is 0 Å². The molecular formula is C17H35N4P. The van der Waals surface area contributed by atoms with Crippen LogP contribution in [0.1, 0.15) is 64.7 Å². The van der Waals surface area contributed by atoms with Crippen LogP contribution >= 0.6 is 7.51 Å². The van der Waals surface area contributed by atoms with Gasteiger partial charge in [-0.2, -0.15) is 0 Å². The maximum Gasteiger partial charge on any atom is 0.167 e. The van der Waals surface area contributed by atoms with Crippen LogP contribution < -0.4 is 0 Å². The molecule has 0 amide bonds. The molecule has 0 N–H and O–H groups in total. The van der Waals surface area contributed by atoms with Crippen LogP contribution in [0.3, 0.4) is 0 Å². The van der Waals surface area contributed by atoms with E-state index in [0.717, 1.165) is 6.54 Å². The normalized spacial score (nSPS) is 27.0. The van der Waals surface area contributed by atoms with Crippen molar-refractivity contribution in [2.75, 3.05) is 45.8 Å². The van der Waals surface area contributed by atoms with Crippen molar-refractivity contribution in [2.45, 2.75) is 64.7 Å². The zero-order valence-electron chi connectivity index (χ0n) is 14.5. The molecule has 0 spiro atoms. The second-order valence-electron chi connectivity index (χ2n) is 7.04. The molecule has 3 heterocycles. The number of hydrogen-bond acceptors (Lipinski definition) is 1. The van der Waals surface area contributed by atoms with Gasteiger partial charge in [0.1, 0.15) is 0 Å². The average Bonchev–Trinajstić information content (AvgIpc) is 2.62. The van der Waals surface area contributed by atoms with Gasteiger partial charge in [0.2, 0.25) is 0 Å². The second-order valence-corrected chi connectivity index (χ2v) is 10.1. The Kier molecular flexibility index (Phi) is 6.38. The van der Waals surface area contributed by atoms with Crippen molar-refractivity contribution >= 4 is 7.51 Å². The lowest BCUT2D eigenvalue weighted by atomic mass is 10.2. The maximum absolute atomic E-state index is 5.42. The minimum Gasteiger partial charge on any atom is -0.261 e. The van der Waals surface area contributed by atoms with Crippen LogP contribution in [0.25, 0.3) is 0 Å². The molecule has 3 aliphatic heterocycles. The Morgan fingerprint density at radius 2 is 0.909 bits per heavy atom. The summed E-state index contributed by atoms with van der Waals surface area (Å²) in [6, 6.07) is 0. The topological polar surface area (TPSA) is 22.1 Å². The summed E-state index contributed by atoms with van der Waals surface area (Å²) in [6.07, 6.45) is 12.5. The monoisotopic (exact) mass is 326 g/mol. The Labute approximate surface area is 137 Å². The standard InChI is InChI=1S/C17H35N4P/c1-2-18-22(19-12-6-3-7-13-19,20-14-8-4-9-15-20)21-16-10-5-11-17-21/h2-17H2,1H3. The highest BCUT2D eigenvalue weighted by Crippen LogP contribution is 2.61. The number of piperidine rings is 3. The average molecular weight is 326 g/mol. The van der Waals surface area contributed by atoms with Crippen LogP contribution in [-0.4, -0.2) is 59.8 Å². The van der Waals surface area contributed by atoms with Gasteiger partial charge in [-0.3, -0.25) is 4.74 Å². The van der Waals surface area contributed by atoms with E-state index in [0.29, 0.717) is 0 Å². The number of nitrogens with zero attached hydrogens (tertiary/aromatic N) is 4. The smallest absolute Gasteiger partial charge is 0.167 e. The zero-order chi connectivity index (χ0) is 15.3. The third kappa shape index (κ3) is 3.45. The fourth-order valence-electron chi connectivity index (χ4n) is 4.43. The molecule has 0 bridgehead atoms. The molecule has 3 fully saturated rings. The molecule has 0 aromatic heterocycles. The van der Waals surface area contributed by atoms with Gasteiger partial charge in [0.05, 0.1) is 0 Å². The minimum atomic E-state index is -1.60. The zero-order valence-corrected chi connectivity index (χ0v) is 15.4. The van der Waals surface area contributed by atoms with Crippen molar-refractivity contribution in [1.82, 2.24) is 14.0 Å². The summed E-state index contributed by atoms with van der Waals surface area (Å²) >= 11 is 0. The molecule has 0 radical (unpaired) electrons. The predicted molar refractivity (Wildman–Crippen MR) is 96.2 cm³/mol. The van der Waals surface area contributed by atoms with Gasteiger partial charge in [-0.15, -0.1) is 0 Å². The first-order valence-electron chi connectivity index (χ1n) is 9.72. The third-order valence-electron chi connectivity index (χ3n) is 5.47.